The third-order valence-corrected chi connectivity index (χ3v) is 5.93. The van der Waals surface area contributed by atoms with Gasteiger partial charge in [-0.2, -0.15) is 0 Å². The Morgan fingerprint density at radius 1 is 0.909 bits per heavy atom. The zero-order chi connectivity index (χ0) is 23.7. The first-order valence-corrected chi connectivity index (χ1v) is 10.7. The van der Waals surface area contributed by atoms with Gasteiger partial charge in [-0.15, -0.1) is 0 Å². The van der Waals surface area contributed by atoms with E-state index in [2.05, 4.69) is 0 Å². The number of rotatable bonds is 7. The highest BCUT2D eigenvalue weighted by atomic mass is 16.5. The maximum atomic E-state index is 12.5. The number of aryl methyl sites for hydroxylation is 1. The maximum absolute atomic E-state index is 12.5. The molecule has 0 unspecified atom stereocenters. The highest BCUT2D eigenvalue weighted by Gasteiger charge is 2.34. The molecule has 33 heavy (non-hydrogen) atoms. The number of amides is 2. The molecule has 2 aromatic carbocycles. The van der Waals surface area contributed by atoms with Gasteiger partial charge in [0.1, 0.15) is 0 Å². The summed E-state index contributed by atoms with van der Waals surface area (Å²) in [5.74, 6) is -1.53. The smallest absolute Gasteiger partial charge is 0.338 e. The van der Waals surface area contributed by atoms with Gasteiger partial charge in [0.25, 0.3) is 11.8 Å². The number of ketones is 1. The summed E-state index contributed by atoms with van der Waals surface area (Å²) in [6, 6.07) is 15.0. The van der Waals surface area contributed by atoms with Crippen molar-refractivity contribution < 1.29 is 23.9 Å². The molecular formula is C26H24N2O5. The maximum Gasteiger partial charge on any atom is 0.338 e. The summed E-state index contributed by atoms with van der Waals surface area (Å²) < 4.78 is 7.25. The zero-order valence-corrected chi connectivity index (χ0v) is 18.8. The lowest BCUT2D eigenvalue weighted by atomic mass is 10.1. The molecule has 3 aromatic rings. The van der Waals surface area contributed by atoms with Crippen molar-refractivity contribution in [3.8, 4) is 0 Å². The van der Waals surface area contributed by atoms with Crippen molar-refractivity contribution >= 4 is 23.6 Å². The Bertz CT molecular complexity index is 1240. The monoisotopic (exact) mass is 444 g/mol. The van der Waals surface area contributed by atoms with Crippen LogP contribution in [0.25, 0.3) is 0 Å². The second-order valence-electron chi connectivity index (χ2n) is 7.97. The molecule has 0 N–H and O–H groups in total. The standard InChI is InChI=1S/C26H24N2O5/c1-4-27-16(2)13-22(17(27)3)23(29)15-33-26(32)19-11-9-18(10-12-19)14-28-24(30)20-7-5-6-8-21(20)25(28)31/h5-13H,4,14-15H2,1-3H3. The van der Waals surface area contributed by atoms with Crippen molar-refractivity contribution in [2.45, 2.75) is 33.9 Å². The van der Waals surface area contributed by atoms with E-state index < -0.39 is 5.97 Å². The number of imide groups is 1. The molecule has 7 nitrogen and oxygen atoms in total. The number of esters is 1. The molecule has 0 spiro atoms. The molecular weight excluding hydrogens is 420 g/mol. The summed E-state index contributed by atoms with van der Waals surface area (Å²) in [7, 11) is 0. The van der Waals surface area contributed by atoms with E-state index in [9.17, 15) is 19.2 Å². The molecule has 2 heterocycles. The summed E-state index contributed by atoms with van der Waals surface area (Å²) in [4.78, 5) is 51.1. The molecule has 1 aromatic heterocycles. The minimum Gasteiger partial charge on any atom is -0.454 e. The molecule has 0 atom stereocenters. The van der Waals surface area contributed by atoms with Gasteiger partial charge in [-0.1, -0.05) is 24.3 Å². The van der Waals surface area contributed by atoms with E-state index >= 15 is 0 Å². The van der Waals surface area contributed by atoms with Crippen molar-refractivity contribution in [3.63, 3.8) is 0 Å². The quantitative estimate of drug-likeness (QED) is 0.313. The van der Waals surface area contributed by atoms with Crippen LogP contribution in [0.5, 0.6) is 0 Å². The lowest BCUT2D eigenvalue weighted by Crippen LogP contribution is -2.29. The second-order valence-corrected chi connectivity index (χ2v) is 7.97. The number of fused-ring (bicyclic) bond motifs is 1. The third-order valence-electron chi connectivity index (χ3n) is 5.93. The van der Waals surface area contributed by atoms with Gasteiger partial charge in [-0.25, -0.2) is 4.79 Å². The van der Waals surface area contributed by atoms with Gasteiger partial charge in [0.2, 0.25) is 5.78 Å². The normalized spacial score (nSPS) is 12.8. The molecule has 1 aliphatic rings. The van der Waals surface area contributed by atoms with Crippen LogP contribution in [0.15, 0.2) is 54.6 Å². The number of hydrogen-bond acceptors (Lipinski definition) is 5. The van der Waals surface area contributed by atoms with Gasteiger partial charge in [-0.3, -0.25) is 19.3 Å². The second kappa shape index (κ2) is 8.86. The minimum atomic E-state index is -0.611. The first-order chi connectivity index (χ1) is 15.8. The molecule has 1 aliphatic heterocycles. The molecule has 0 aliphatic carbocycles. The average molecular weight is 444 g/mol. The number of nitrogens with zero attached hydrogens (tertiary/aromatic N) is 2. The number of Topliss-reactive ketones (excluding diaryl/α,β-unsaturated/α-hetero) is 1. The summed E-state index contributed by atoms with van der Waals surface area (Å²) in [6.45, 7) is 6.34. The van der Waals surface area contributed by atoms with E-state index in [0.717, 1.165) is 17.9 Å². The molecule has 0 saturated carbocycles. The van der Waals surface area contributed by atoms with E-state index in [-0.39, 0.29) is 36.3 Å². The largest absolute Gasteiger partial charge is 0.454 e. The Kier molecular flexibility index (Phi) is 5.96. The van der Waals surface area contributed by atoms with Crippen LogP contribution >= 0.6 is 0 Å². The van der Waals surface area contributed by atoms with Crippen LogP contribution in [-0.2, 0) is 17.8 Å². The van der Waals surface area contributed by atoms with Crippen LogP contribution in [0.1, 0.15) is 65.3 Å². The lowest BCUT2D eigenvalue weighted by molar-refractivity contribution is 0.0474. The van der Waals surface area contributed by atoms with E-state index in [1.165, 1.54) is 4.90 Å². The number of hydrogen-bond donors (Lipinski definition) is 0. The topological polar surface area (TPSA) is 85.7 Å². The third kappa shape index (κ3) is 4.09. The van der Waals surface area contributed by atoms with Crippen molar-refractivity contribution in [3.05, 3.63) is 93.8 Å². The van der Waals surface area contributed by atoms with Gasteiger partial charge in [0, 0.05) is 23.5 Å². The number of carbonyl (C=O) groups is 4. The molecule has 0 fully saturated rings. The Morgan fingerprint density at radius 3 is 2.06 bits per heavy atom. The molecule has 2 amide bonds. The number of benzene rings is 2. The minimum absolute atomic E-state index is 0.104. The number of ether oxygens (including phenoxy) is 1. The molecule has 7 heteroatoms. The lowest BCUT2D eigenvalue weighted by Gasteiger charge is -2.14. The predicted octanol–water partition coefficient (Wildman–Crippen LogP) is 3.96. The van der Waals surface area contributed by atoms with Crippen LogP contribution in [0.2, 0.25) is 0 Å². The van der Waals surface area contributed by atoms with Gasteiger partial charge in [0.15, 0.2) is 6.61 Å². The van der Waals surface area contributed by atoms with Crippen molar-refractivity contribution in [2.24, 2.45) is 0 Å². The Balaban J connectivity index is 1.38. The van der Waals surface area contributed by atoms with Gasteiger partial charge < -0.3 is 9.30 Å². The van der Waals surface area contributed by atoms with Gasteiger partial charge in [0.05, 0.1) is 23.2 Å². The molecule has 4 rings (SSSR count). The van der Waals surface area contributed by atoms with Crippen LogP contribution in [-0.4, -0.2) is 39.6 Å². The zero-order valence-electron chi connectivity index (χ0n) is 18.8. The Labute approximate surface area is 191 Å². The summed E-state index contributed by atoms with van der Waals surface area (Å²) >= 11 is 0. The fraction of sp³-hybridized carbons (Fsp3) is 0.231. The first-order valence-electron chi connectivity index (χ1n) is 10.7. The number of carbonyl (C=O) groups excluding carboxylic acids is 4. The Hall–Kier alpha value is -4.00. The molecule has 0 bridgehead atoms. The Morgan fingerprint density at radius 2 is 1.52 bits per heavy atom. The van der Waals surface area contributed by atoms with Crippen LogP contribution < -0.4 is 0 Å². The fourth-order valence-electron chi connectivity index (χ4n) is 4.17. The number of aromatic nitrogens is 1. The van der Waals surface area contributed by atoms with Gasteiger partial charge in [-0.05, 0) is 56.7 Å². The van der Waals surface area contributed by atoms with E-state index in [4.69, 9.17) is 4.74 Å². The first kappa shape index (κ1) is 22.2. The molecule has 0 radical (unpaired) electrons. The average Bonchev–Trinajstić information content (AvgIpc) is 3.25. The highest BCUT2D eigenvalue weighted by Crippen LogP contribution is 2.24. The van der Waals surface area contributed by atoms with Crippen LogP contribution in [0.3, 0.4) is 0 Å². The SMILES string of the molecule is CCn1c(C)cc(C(=O)COC(=O)c2ccc(CN3C(=O)c4ccccc4C3=O)cc2)c1C. The predicted molar refractivity (Wildman–Crippen MR) is 121 cm³/mol. The van der Waals surface area contributed by atoms with Crippen molar-refractivity contribution in [1.82, 2.24) is 9.47 Å². The van der Waals surface area contributed by atoms with Crippen molar-refractivity contribution in [2.75, 3.05) is 6.61 Å². The van der Waals surface area contributed by atoms with Crippen LogP contribution in [0.4, 0.5) is 0 Å². The highest BCUT2D eigenvalue weighted by molar-refractivity contribution is 6.21. The van der Waals surface area contributed by atoms with Gasteiger partial charge >= 0.3 is 5.97 Å². The summed E-state index contributed by atoms with van der Waals surface area (Å²) in [5.41, 5.74) is 4.17. The fourth-order valence-corrected chi connectivity index (χ4v) is 4.17. The summed E-state index contributed by atoms with van der Waals surface area (Å²) in [5, 5.41) is 0. The molecule has 168 valence electrons. The van der Waals surface area contributed by atoms with E-state index in [1.54, 1.807) is 48.5 Å². The van der Waals surface area contributed by atoms with Crippen molar-refractivity contribution in [1.29, 1.82) is 0 Å². The molecule has 0 saturated heterocycles. The van der Waals surface area contributed by atoms with E-state index in [0.29, 0.717) is 22.3 Å². The van der Waals surface area contributed by atoms with E-state index in [1.807, 2.05) is 31.4 Å². The summed E-state index contributed by atoms with van der Waals surface area (Å²) in [6.07, 6.45) is 0. The van der Waals surface area contributed by atoms with Crippen LogP contribution in [0, 0.1) is 13.8 Å².